The number of likely N-dealkylation sites (tertiary alicyclic amines) is 1. The molecular formula is C42H43N3O14. The summed E-state index contributed by atoms with van der Waals surface area (Å²) < 4.78 is 24.7. The minimum absolute atomic E-state index is 0.00133. The fraction of sp³-hybridized carbons (Fsp3) is 0.381. The van der Waals surface area contributed by atoms with Gasteiger partial charge in [-0.1, -0.05) is 66.7 Å². The van der Waals surface area contributed by atoms with E-state index in [1.54, 1.807) is 42.5 Å². The van der Waals surface area contributed by atoms with Gasteiger partial charge in [-0.15, -0.1) is 0 Å². The van der Waals surface area contributed by atoms with Gasteiger partial charge in [0.05, 0.1) is 31.4 Å². The van der Waals surface area contributed by atoms with Crippen LogP contribution in [0.5, 0.6) is 11.5 Å². The molecule has 2 aliphatic carbocycles. The fourth-order valence-electron chi connectivity index (χ4n) is 8.98. The molecule has 0 radical (unpaired) electrons. The first-order chi connectivity index (χ1) is 28.2. The van der Waals surface area contributed by atoms with Crippen LogP contribution in [0.4, 0.5) is 0 Å². The van der Waals surface area contributed by atoms with Crippen LogP contribution < -0.4 is 20.1 Å². The predicted octanol–water partition coefficient (Wildman–Crippen LogP) is 1.45. The maximum atomic E-state index is 14.1. The number of benzene rings is 3. The second-order valence-electron chi connectivity index (χ2n) is 15.0. The van der Waals surface area contributed by atoms with E-state index >= 15 is 0 Å². The number of aliphatic hydroxyl groups excluding tert-OH is 2. The number of nitrogens with one attached hydrogen (secondary N) is 2. The van der Waals surface area contributed by atoms with Gasteiger partial charge in [-0.05, 0) is 55.3 Å². The Morgan fingerprint density at radius 1 is 0.831 bits per heavy atom. The van der Waals surface area contributed by atoms with Crippen molar-refractivity contribution in [3.05, 3.63) is 107 Å². The molecule has 2 amide bonds. The van der Waals surface area contributed by atoms with E-state index in [1.807, 2.05) is 18.0 Å². The average molecular weight is 814 g/mol. The standard InChI is InChI=1S/C42H43N3O14/c1-45-18-17-41-32-24-13-14-27(56-2)35(32)58-36(41)28(57-30(46)20-25(39(52)53)43-37(50)33(48)22-9-5-3-6-10-22)15-16-42(41,29(45)19-24)59-31(47)21-26(40(54)55)44-38(51)34(49)23-11-7-4-8-12-23/h3-15,25-26,29,33-34,36,48-49H,16-21H2,1-2H3,(H,43,50)(H,44,51)(H,52,53)(H,54,55)/t25-,26-,29+,33-,34+,36?,41?,42+/m0/s1. The van der Waals surface area contributed by atoms with E-state index in [0.717, 1.165) is 5.56 Å². The summed E-state index contributed by atoms with van der Waals surface area (Å²) in [5, 5.41) is 45.5. The molecular weight excluding hydrogens is 770 g/mol. The lowest BCUT2D eigenvalue weighted by atomic mass is 9.50. The number of hydrogen-bond donors (Lipinski definition) is 6. The molecule has 7 rings (SSSR count). The van der Waals surface area contributed by atoms with Gasteiger partial charge in [0, 0.05) is 12.0 Å². The van der Waals surface area contributed by atoms with Crippen LogP contribution in [-0.4, -0.2) is 112 Å². The number of nitrogens with zero attached hydrogens (tertiary/aromatic N) is 1. The van der Waals surface area contributed by atoms with Gasteiger partial charge in [-0.3, -0.25) is 24.1 Å². The molecule has 1 spiro atoms. The lowest BCUT2D eigenvalue weighted by Gasteiger charge is -2.62. The molecule has 3 aromatic rings. The number of esters is 2. The molecule has 17 heteroatoms. The number of piperidine rings is 1. The highest BCUT2D eigenvalue weighted by atomic mass is 16.6. The highest BCUT2D eigenvalue weighted by molar-refractivity contribution is 5.90. The average Bonchev–Trinajstić information content (AvgIpc) is 3.58. The van der Waals surface area contributed by atoms with Gasteiger partial charge in [-0.25, -0.2) is 9.59 Å². The van der Waals surface area contributed by atoms with Gasteiger partial charge in [-0.2, -0.15) is 0 Å². The molecule has 4 aliphatic rings. The number of hydrogen-bond acceptors (Lipinski definition) is 13. The second-order valence-corrected chi connectivity index (χ2v) is 15.0. The summed E-state index contributed by atoms with van der Waals surface area (Å²) in [5.74, 6) is -6.46. The van der Waals surface area contributed by atoms with Crippen LogP contribution in [0.1, 0.15) is 60.1 Å². The Morgan fingerprint density at radius 3 is 1.93 bits per heavy atom. The van der Waals surface area contributed by atoms with Crippen molar-refractivity contribution in [1.29, 1.82) is 0 Å². The quantitative estimate of drug-likeness (QED) is 0.119. The van der Waals surface area contributed by atoms with Crippen LogP contribution in [0, 0.1) is 0 Å². The number of ether oxygens (including phenoxy) is 4. The molecule has 8 atom stereocenters. The summed E-state index contributed by atoms with van der Waals surface area (Å²) in [7, 11) is 3.32. The zero-order valence-electron chi connectivity index (χ0n) is 32.0. The molecule has 17 nitrogen and oxygen atoms in total. The van der Waals surface area contributed by atoms with Crippen molar-refractivity contribution in [1.82, 2.24) is 15.5 Å². The van der Waals surface area contributed by atoms with Crippen LogP contribution in [0.15, 0.2) is 84.6 Å². The number of rotatable bonds is 15. The van der Waals surface area contributed by atoms with Crippen molar-refractivity contribution >= 4 is 35.7 Å². The number of aliphatic hydroxyl groups is 2. The van der Waals surface area contributed by atoms with Crippen molar-refractivity contribution in [2.45, 2.75) is 79.6 Å². The molecule has 0 aromatic heterocycles. The van der Waals surface area contributed by atoms with E-state index in [4.69, 9.17) is 18.9 Å². The Morgan fingerprint density at radius 2 is 1.39 bits per heavy atom. The molecule has 0 saturated carbocycles. The summed E-state index contributed by atoms with van der Waals surface area (Å²) in [6.07, 6.45) is -4.00. The number of carbonyl (C=O) groups is 6. The number of aliphatic carboxylic acids is 2. The third kappa shape index (κ3) is 7.25. The van der Waals surface area contributed by atoms with Crippen molar-refractivity contribution < 1.29 is 68.1 Å². The van der Waals surface area contributed by atoms with E-state index in [9.17, 15) is 49.2 Å². The van der Waals surface area contributed by atoms with Gasteiger partial charge in [0.25, 0.3) is 11.8 Å². The molecule has 310 valence electrons. The molecule has 1 fully saturated rings. The maximum Gasteiger partial charge on any atom is 0.326 e. The van der Waals surface area contributed by atoms with Gasteiger partial charge in [0.2, 0.25) is 0 Å². The van der Waals surface area contributed by atoms with Gasteiger partial charge >= 0.3 is 23.9 Å². The Kier molecular flexibility index (Phi) is 11.2. The van der Waals surface area contributed by atoms with E-state index < -0.39 is 96.0 Å². The maximum absolute atomic E-state index is 14.1. The summed E-state index contributed by atoms with van der Waals surface area (Å²) in [6.45, 7) is 0.475. The first-order valence-corrected chi connectivity index (χ1v) is 18.9. The summed E-state index contributed by atoms with van der Waals surface area (Å²) in [5.41, 5.74) is -0.706. The smallest absolute Gasteiger partial charge is 0.326 e. The SMILES string of the molecule is COc1ccc2c3c1OC1C(OC(=O)C[C@H](NC(=O)[C@@H](O)c4ccccc4)C(=O)O)=CC[C@@]4(OC(=O)C[C@H](NC(=O)[C@H](O)c5ccccc5)C(=O)O)[C@@H](C2)N(C)CCC314. The van der Waals surface area contributed by atoms with E-state index in [-0.39, 0.29) is 23.3 Å². The van der Waals surface area contributed by atoms with Crippen molar-refractivity contribution in [2.24, 2.45) is 0 Å². The zero-order valence-corrected chi connectivity index (χ0v) is 32.0. The Bertz CT molecular complexity index is 2200. The van der Waals surface area contributed by atoms with Gasteiger partial charge < -0.3 is 50.0 Å². The van der Waals surface area contributed by atoms with E-state index in [2.05, 4.69) is 10.6 Å². The van der Waals surface area contributed by atoms with Crippen LogP contribution in [0.2, 0.25) is 0 Å². The Labute approximate surface area is 337 Å². The number of carboxylic acid groups (broad SMARTS) is 2. The third-order valence-corrected chi connectivity index (χ3v) is 11.7. The van der Waals surface area contributed by atoms with Gasteiger partial charge in [0.15, 0.2) is 29.8 Å². The van der Waals surface area contributed by atoms with Crippen LogP contribution in [0.25, 0.3) is 0 Å². The van der Waals surface area contributed by atoms with Crippen molar-refractivity contribution in [2.75, 3.05) is 20.7 Å². The van der Waals surface area contributed by atoms with E-state index in [0.29, 0.717) is 36.4 Å². The highest BCUT2D eigenvalue weighted by Gasteiger charge is 2.74. The molecule has 59 heavy (non-hydrogen) atoms. The normalized spacial score (nSPS) is 24.4. The second kappa shape index (κ2) is 16.2. The first-order valence-electron chi connectivity index (χ1n) is 18.9. The number of carbonyl (C=O) groups excluding carboxylic acids is 4. The molecule has 2 bridgehead atoms. The largest absolute Gasteiger partial charge is 0.493 e. The summed E-state index contributed by atoms with van der Waals surface area (Å²) in [6, 6.07) is 15.3. The minimum atomic E-state index is -1.77. The zero-order chi connectivity index (χ0) is 42.2. The lowest BCUT2D eigenvalue weighted by Crippen LogP contribution is -2.75. The number of amides is 2. The van der Waals surface area contributed by atoms with Crippen molar-refractivity contribution in [3.63, 3.8) is 0 Å². The van der Waals surface area contributed by atoms with Gasteiger partial charge in [0.1, 0.15) is 23.4 Å². The number of likely N-dealkylation sites (N-methyl/N-ethyl adjacent to an activating group) is 1. The Balaban J connectivity index is 1.17. The van der Waals surface area contributed by atoms with Crippen LogP contribution >= 0.6 is 0 Å². The lowest BCUT2D eigenvalue weighted by molar-refractivity contribution is -0.207. The molecule has 1 saturated heterocycles. The van der Waals surface area contributed by atoms with Crippen LogP contribution in [-0.2, 0) is 50.1 Å². The third-order valence-electron chi connectivity index (χ3n) is 11.7. The van der Waals surface area contributed by atoms with Crippen molar-refractivity contribution in [3.8, 4) is 11.5 Å². The minimum Gasteiger partial charge on any atom is -0.493 e. The first kappa shape index (κ1) is 40.9. The summed E-state index contributed by atoms with van der Waals surface area (Å²) in [4.78, 5) is 80.0. The predicted molar refractivity (Wildman–Crippen MR) is 203 cm³/mol. The fourth-order valence-corrected chi connectivity index (χ4v) is 8.98. The highest BCUT2D eigenvalue weighted by Crippen LogP contribution is 2.66. The molecule has 2 aliphatic heterocycles. The number of carboxylic acids is 2. The number of methoxy groups -OCH3 is 1. The molecule has 2 unspecified atom stereocenters. The molecule has 3 aromatic carbocycles. The molecule has 2 heterocycles. The monoisotopic (exact) mass is 813 g/mol. The summed E-state index contributed by atoms with van der Waals surface area (Å²) >= 11 is 0. The topological polar surface area (TPSA) is 248 Å². The molecule has 6 N–H and O–H groups in total. The van der Waals surface area contributed by atoms with Crippen LogP contribution in [0.3, 0.4) is 0 Å². The van der Waals surface area contributed by atoms with E-state index in [1.165, 1.54) is 37.5 Å². The Hall–Kier alpha value is -6.30.